The summed E-state index contributed by atoms with van der Waals surface area (Å²) in [7, 11) is 0. The van der Waals surface area contributed by atoms with Crippen molar-refractivity contribution < 1.29 is 9.18 Å². The molecule has 0 aliphatic heterocycles. The lowest BCUT2D eigenvalue weighted by Gasteiger charge is -1.96. The van der Waals surface area contributed by atoms with Crippen molar-refractivity contribution in [3.63, 3.8) is 0 Å². The Labute approximate surface area is 76.9 Å². The van der Waals surface area contributed by atoms with Gasteiger partial charge in [0.25, 0.3) is 0 Å². The third-order valence-electron chi connectivity index (χ3n) is 1.63. The molecule has 1 rings (SSSR count). The molecule has 13 heavy (non-hydrogen) atoms. The van der Waals surface area contributed by atoms with Gasteiger partial charge in [0.2, 0.25) is 0 Å². The van der Waals surface area contributed by atoms with E-state index in [1.54, 1.807) is 18.2 Å². The first-order chi connectivity index (χ1) is 6.09. The van der Waals surface area contributed by atoms with Crippen LogP contribution in [0.3, 0.4) is 0 Å². The monoisotopic (exact) mass is 178 g/mol. The van der Waals surface area contributed by atoms with E-state index in [9.17, 15) is 9.18 Å². The van der Waals surface area contributed by atoms with Crippen LogP contribution in [0, 0.1) is 6.92 Å². The van der Waals surface area contributed by atoms with Crippen molar-refractivity contribution in [2.45, 2.75) is 13.8 Å². The Morgan fingerprint density at radius 2 is 2.15 bits per heavy atom. The standard InChI is InChI=1S/C11H11FO/c1-8-4-3-5-10(6-8)11(13)7-9(2)12/h3-7H,1-2H3/b9-7+. The molecule has 1 aromatic carbocycles. The van der Waals surface area contributed by atoms with Crippen molar-refractivity contribution in [3.05, 3.63) is 47.3 Å². The van der Waals surface area contributed by atoms with Crippen LogP contribution in [0.15, 0.2) is 36.2 Å². The highest BCUT2D eigenvalue weighted by molar-refractivity contribution is 6.04. The molecule has 0 fully saturated rings. The van der Waals surface area contributed by atoms with Gasteiger partial charge in [-0.25, -0.2) is 4.39 Å². The molecule has 0 aliphatic rings. The number of rotatable bonds is 2. The number of aryl methyl sites for hydroxylation is 1. The van der Waals surface area contributed by atoms with Gasteiger partial charge in [-0.05, 0) is 19.9 Å². The second-order valence-corrected chi connectivity index (χ2v) is 2.96. The molecular weight excluding hydrogens is 167 g/mol. The summed E-state index contributed by atoms with van der Waals surface area (Å²) in [5.74, 6) is -0.754. The molecular formula is C11H11FO. The van der Waals surface area contributed by atoms with Crippen LogP contribution < -0.4 is 0 Å². The van der Waals surface area contributed by atoms with Gasteiger partial charge >= 0.3 is 0 Å². The van der Waals surface area contributed by atoms with Crippen molar-refractivity contribution >= 4 is 5.78 Å². The number of carbonyl (C=O) groups is 1. The first kappa shape index (κ1) is 9.65. The molecule has 0 saturated heterocycles. The third kappa shape index (κ3) is 2.82. The summed E-state index contributed by atoms with van der Waals surface area (Å²) < 4.78 is 12.4. The van der Waals surface area contributed by atoms with Crippen LogP contribution in [-0.2, 0) is 0 Å². The number of ketones is 1. The molecule has 0 aromatic heterocycles. The van der Waals surface area contributed by atoms with E-state index in [0.717, 1.165) is 11.6 Å². The summed E-state index contributed by atoms with van der Waals surface area (Å²) in [6.45, 7) is 3.15. The summed E-state index contributed by atoms with van der Waals surface area (Å²) in [6, 6.07) is 7.09. The lowest BCUT2D eigenvalue weighted by molar-refractivity contribution is 0.104. The van der Waals surface area contributed by atoms with Gasteiger partial charge < -0.3 is 0 Å². The van der Waals surface area contributed by atoms with Gasteiger partial charge in [0, 0.05) is 11.6 Å². The fraction of sp³-hybridized carbons (Fsp3) is 0.182. The molecule has 1 aromatic rings. The number of hydrogen-bond acceptors (Lipinski definition) is 1. The quantitative estimate of drug-likeness (QED) is 0.502. The Balaban J connectivity index is 2.96. The highest BCUT2D eigenvalue weighted by atomic mass is 19.1. The van der Waals surface area contributed by atoms with Gasteiger partial charge in [-0.15, -0.1) is 0 Å². The van der Waals surface area contributed by atoms with Gasteiger partial charge in [-0.1, -0.05) is 23.8 Å². The van der Waals surface area contributed by atoms with Gasteiger partial charge in [0.05, 0.1) is 0 Å². The second-order valence-electron chi connectivity index (χ2n) is 2.96. The lowest BCUT2D eigenvalue weighted by atomic mass is 10.1. The van der Waals surface area contributed by atoms with E-state index >= 15 is 0 Å². The van der Waals surface area contributed by atoms with Crippen molar-refractivity contribution in [1.29, 1.82) is 0 Å². The van der Waals surface area contributed by atoms with E-state index in [4.69, 9.17) is 0 Å². The largest absolute Gasteiger partial charge is 0.289 e. The molecule has 1 nitrogen and oxygen atoms in total. The zero-order valence-corrected chi connectivity index (χ0v) is 7.67. The minimum Gasteiger partial charge on any atom is -0.289 e. The Bertz CT molecular complexity index is 349. The van der Waals surface area contributed by atoms with E-state index in [-0.39, 0.29) is 5.78 Å². The van der Waals surface area contributed by atoms with Gasteiger partial charge in [0.15, 0.2) is 5.78 Å². The maximum absolute atomic E-state index is 12.4. The SMILES string of the molecule is C/C(F)=C\C(=O)c1cccc(C)c1. The first-order valence-electron chi connectivity index (χ1n) is 4.04. The van der Waals surface area contributed by atoms with Gasteiger partial charge in [0.1, 0.15) is 5.83 Å². The fourth-order valence-electron chi connectivity index (χ4n) is 1.06. The van der Waals surface area contributed by atoms with E-state index < -0.39 is 5.83 Å². The van der Waals surface area contributed by atoms with Crippen molar-refractivity contribution in [3.8, 4) is 0 Å². The van der Waals surface area contributed by atoms with Crippen molar-refractivity contribution in [1.82, 2.24) is 0 Å². The van der Waals surface area contributed by atoms with Gasteiger partial charge in [-0.3, -0.25) is 4.79 Å². The molecule has 0 unspecified atom stereocenters. The van der Waals surface area contributed by atoms with Crippen molar-refractivity contribution in [2.75, 3.05) is 0 Å². The minimum atomic E-state index is -0.466. The molecule has 0 heterocycles. The smallest absolute Gasteiger partial charge is 0.188 e. The predicted molar refractivity (Wildman–Crippen MR) is 50.4 cm³/mol. The fourth-order valence-corrected chi connectivity index (χ4v) is 1.06. The molecule has 0 atom stereocenters. The normalized spacial score (nSPS) is 11.5. The molecule has 0 amide bonds. The minimum absolute atomic E-state index is 0.288. The van der Waals surface area contributed by atoms with Crippen LogP contribution >= 0.6 is 0 Å². The predicted octanol–water partition coefficient (Wildman–Crippen LogP) is 3.05. The summed E-state index contributed by atoms with van der Waals surface area (Å²) >= 11 is 0. The van der Waals surface area contributed by atoms with E-state index in [0.29, 0.717) is 5.56 Å². The van der Waals surface area contributed by atoms with E-state index in [1.807, 2.05) is 13.0 Å². The third-order valence-corrected chi connectivity index (χ3v) is 1.63. The van der Waals surface area contributed by atoms with Crippen LogP contribution in [0.25, 0.3) is 0 Å². The summed E-state index contributed by atoms with van der Waals surface area (Å²) in [5.41, 5.74) is 1.52. The number of halogens is 1. The molecule has 0 saturated carbocycles. The second kappa shape index (κ2) is 3.99. The molecule has 2 heteroatoms. The topological polar surface area (TPSA) is 17.1 Å². The van der Waals surface area contributed by atoms with Crippen LogP contribution in [0.2, 0.25) is 0 Å². The molecule has 0 N–H and O–H groups in total. The molecule has 0 spiro atoms. The zero-order chi connectivity index (χ0) is 9.84. The van der Waals surface area contributed by atoms with Gasteiger partial charge in [-0.2, -0.15) is 0 Å². The zero-order valence-electron chi connectivity index (χ0n) is 7.67. The lowest BCUT2D eigenvalue weighted by Crippen LogP contribution is -1.94. The first-order valence-corrected chi connectivity index (χ1v) is 4.04. The Hall–Kier alpha value is -1.44. The molecule has 0 aliphatic carbocycles. The van der Waals surface area contributed by atoms with Crippen LogP contribution in [-0.4, -0.2) is 5.78 Å². The number of carbonyl (C=O) groups excluding carboxylic acids is 1. The van der Waals surface area contributed by atoms with Crippen LogP contribution in [0.1, 0.15) is 22.8 Å². The highest BCUT2D eigenvalue weighted by Gasteiger charge is 2.02. The number of allylic oxidation sites excluding steroid dienone is 2. The Morgan fingerprint density at radius 3 is 2.69 bits per heavy atom. The average Bonchev–Trinajstić information content (AvgIpc) is 2.03. The van der Waals surface area contributed by atoms with E-state index in [1.165, 1.54) is 6.92 Å². The van der Waals surface area contributed by atoms with E-state index in [2.05, 4.69) is 0 Å². The Morgan fingerprint density at radius 1 is 1.46 bits per heavy atom. The molecule has 68 valence electrons. The maximum atomic E-state index is 12.4. The number of hydrogen-bond donors (Lipinski definition) is 0. The number of benzene rings is 1. The van der Waals surface area contributed by atoms with Crippen molar-refractivity contribution in [2.24, 2.45) is 0 Å². The Kier molecular flexibility index (Phi) is 2.96. The molecule has 0 bridgehead atoms. The van der Waals surface area contributed by atoms with Crippen LogP contribution in [0.5, 0.6) is 0 Å². The summed E-state index contributed by atoms with van der Waals surface area (Å²) in [6.07, 6.45) is 0.995. The highest BCUT2D eigenvalue weighted by Crippen LogP contribution is 2.07. The average molecular weight is 178 g/mol. The van der Waals surface area contributed by atoms with Crippen LogP contribution in [0.4, 0.5) is 4.39 Å². The summed E-state index contributed by atoms with van der Waals surface area (Å²) in [5, 5.41) is 0. The molecule has 0 radical (unpaired) electrons. The maximum Gasteiger partial charge on any atom is 0.188 e. The summed E-state index contributed by atoms with van der Waals surface area (Å²) in [4.78, 5) is 11.3.